The average molecular weight is 1140 g/mol. The van der Waals surface area contributed by atoms with E-state index < -0.39 is 26.5 Å². The molecule has 2 unspecified atom stereocenters. The second-order valence-electron chi connectivity index (χ2n) is 24.6. The lowest BCUT2D eigenvalue weighted by molar-refractivity contribution is -0.870. The Bertz CT molecular complexity index is 1430. The standard InChI is InChI=1S/C69H132NO8P/c1-6-8-10-12-14-16-18-20-22-24-26-27-28-29-30-31-32-33-34-35-36-37-38-39-40-41-42-43-44-46-48-50-52-54-56-58-60-62-69(72)78-67(66-77-79(73,74)76-64-63-70(3,4)5)65-75-68(71)61-59-57-55-53-51-49-47-45-25-23-21-19-17-15-13-11-9-7-2/h18,20,23-26,67H,6-17,19,21-22,27-66H2,1-5H3/p+1/b20-18-,25-23-,26-24-. The van der Waals surface area contributed by atoms with Crippen molar-refractivity contribution in [3.63, 3.8) is 0 Å². The minimum absolute atomic E-state index is 0.0336. The fraction of sp³-hybridized carbons (Fsp3) is 0.884. The van der Waals surface area contributed by atoms with Crippen LogP contribution in [0.3, 0.4) is 0 Å². The van der Waals surface area contributed by atoms with Gasteiger partial charge in [-0.2, -0.15) is 0 Å². The van der Waals surface area contributed by atoms with Crippen LogP contribution in [-0.4, -0.2) is 74.9 Å². The smallest absolute Gasteiger partial charge is 0.462 e. The number of likely N-dealkylation sites (N-methyl/N-ethyl adjacent to an activating group) is 1. The number of phosphoric acid groups is 1. The maximum Gasteiger partial charge on any atom is 0.472 e. The summed E-state index contributed by atoms with van der Waals surface area (Å²) in [7, 11) is 1.49. The lowest BCUT2D eigenvalue weighted by Crippen LogP contribution is -2.37. The number of esters is 2. The Balaban J connectivity index is 3.93. The summed E-state index contributed by atoms with van der Waals surface area (Å²) in [5, 5.41) is 0. The summed E-state index contributed by atoms with van der Waals surface area (Å²) in [5.74, 6) is -0.784. The van der Waals surface area contributed by atoms with E-state index in [-0.39, 0.29) is 32.0 Å². The quantitative estimate of drug-likeness (QED) is 0.0211. The first-order chi connectivity index (χ1) is 38.5. The number of phosphoric ester groups is 1. The van der Waals surface area contributed by atoms with Crippen LogP contribution in [0.5, 0.6) is 0 Å². The lowest BCUT2D eigenvalue weighted by Gasteiger charge is -2.24. The Morgan fingerprint density at radius 3 is 1.01 bits per heavy atom. The molecular weight excluding hydrogens is 1000 g/mol. The van der Waals surface area contributed by atoms with Crippen molar-refractivity contribution in [2.24, 2.45) is 0 Å². The van der Waals surface area contributed by atoms with Crippen LogP contribution in [0, 0.1) is 0 Å². The molecule has 466 valence electrons. The number of quaternary nitrogens is 1. The third-order valence-electron chi connectivity index (χ3n) is 15.4. The van der Waals surface area contributed by atoms with Crippen molar-refractivity contribution in [2.45, 2.75) is 347 Å². The highest BCUT2D eigenvalue weighted by Crippen LogP contribution is 2.43. The second-order valence-corrected chi connectivity index (χ2v) is 26.0. The van der Waals surface area contributed by atoms with Crippen molar-refractivity contribution < 1.29 is 42.1 Å². The summed E-state index contributed by atoms with van der Waals surface area (Å²) >= 11 is 0. The maximum absolute atomic E-state index is 12.9. The van der Waals surface area contributed by atoms with Crippen LogP contribution >= 0.6 is 7.82 Å². The first kappa shape index (κ1) is 77.2. The van der Waals surface area contributed by atoms with E-state index in [0.29, 0.717) is 17.4 Å². The van der Waals surface area contributed by atoms with Gasteiger partial charge in [0.15, 0.2) is 6.10 Å². The van der Waals surface area contributed by atoms with Gasteiger partial charge < -0.3 is 18.9 Å². The molecule has 0 bridgehead atoms. The molecule has 0 aromatic heterocycles. The van der Waals surface area contributed by atoms with Crippen LogP contribution in [-0.2, 0) is 32.7 Å². The van der Waals surface area contributed by atoms with Crippen LogP contribution in [0.15, 0.2) is 36.5 Å². The van der Waals surface area contributed by atoms with E-state index in [9.17, 15) is 19.0 Å². The fourth-order valence-corrected chi connectivity index (χ4v) is 10.8. The summed E-state index contributed by atoms with van der Waals surface area (Å²) in [6.07, 6.45) is 76.9. The molecule has 0 aromatic rings. The molecule has 9 nitrogen and oxygen atoms in total. The van der Waals surface area contributed by atoms with E-state index in [1.54, 1.807) is 0 Å². The Morgan fingerprint density at radius 1 is 0.392 bits per heavy atom. The first-order valence-corrected chi connectivity index (χ1v) is 35.7. The minimum Gasteiger partial charge on any atom is -0.462 e. The van der Waals surface area contributed by atoms with Gasteiger partial charge in [0.05, 0.1) is 27.7 Å². The number of hydrogen-bond donors (Lipinski definition) is 1. The number of ether oxygens (including phenoxy) is 2. The monoisotopic (exact) mass is 1130 g/mol. The summed E-state index contributed by atoms with van der Waals surface area (Å²) < 4.78 is 34.7. The predicted octanol–water partition coefficient (Wildman–Crippen LogP) is 21.9. The molecule has 79 heavy (non-hydrogen) atoms. The molecule has 0 aromatic carbocycles. The zero-order chi connectivity index (χ0) is 57.7. The molecule has 0 radical (unpaired) electrons. The van der Waals surface area contributed by atoms with E-state index in [1.807, 2.05) is 21.1 Å². The number of rotatable bonds is 64. The number of carbonyl (C=O) groups is 2. The summed E-state index contributed by atoms with van der Waals surface area (Å²) in [6, 6.07) is 0. The van der Waals surface area contributed by atoms with Gasteiger partial charge in [-0.05, 0) is 70.6 Å². The van der Waals surface area contributed by atoms with Gasteiger partial charge >= 0.3 is 19.8 Å². The number of carbonyl (C=O) groups excluding carboxylic acids is 2. The summed E-state index contributed by atoms with van der Waals surface area (Å²) in [5.41, 5.74) is 0. The highest BCUT2D eigenvalue weighted by molar-refractivity contribution is 7.47. The van der Waals surface area contributed by atoms with Gasteiger partial charge in [-0.1, -0.05) is 294 Å². The molecular formula is C69H133NO8P+. The molecule has 0 aliphatic heterocycles. The third-order valence-corrected chi connectivity index (χ3v) is 16.4. The Labute approximate surface area is 491 Å². The molecule has 0 aliphatic rings. The normalized spacial score (nSPS) is 13.3. The second kappa shape index (κ2) is 60.8. The minimum atomic E-state index is -4.39. The lowest BCUT2D eigenvalue weighted by atomic mass is 10.0. The average Bonchev–Trinajstić information content (AvgIpc) is 3.41. The molecule has 10 heteroatoms. The Morgan fingerprint density at radius 2 is 0.684 bits per heavy atom. The highest BCUT2D eigenvalue weighted by atomic mass is 31.2. The fourth-order valence-electron chi connectivity index (χ4n) is 10.1. The zero-order valence-corrected chi connectivity index (χ0v) is 54.0. The van der Waals surface area contributed by atoms with Crippen LogP contribution in [0.25, 0.3) is 0 Å². The molecule has 0 saturated carbocycles. The zero-order valence-electron chi connectivity index (χ0n) is 53.1. The van der Waals surface area contributed by atoms with Gasteiger partial charge in [0.2, 0.25) is 0 Å². The highest BCUT2D eigenvalue weighted by Gasteiger charge is 2.27. The Kier molecular flexibility index (Phi) is 59.4. The van der Waals surface area contributed by atoms with Gasteiger partial charge in [0.1, 0.15) is 19.8 Å². The van der Waals surface area contributed by atoms with Crippen LogP contribution in [0.4, 0.5) is 0 Å². The largest absolute Gasteiger partial charge is 0.472 e. The SMILES string of the molecule is CCCCCCC/C=C\C/C=C\CCCCCCCCCCCCCCCCCCCCCCCCCCCC(=O)OC(COC(=O)CCCCCCCCC/C=C\CCCCCCCCC)COP(=O)(O)OCC[N+](C)(C)C. The molecule has 0 spiro atoms. The van der Waals surface area contributed by atoms with Crippen LogP contribution in [0.1, 0.15) is 341 Å². The van der Waals surface area contributed by atoms with Gasteiger partial charge in [-0.15, -0.1) is 0 Å². The first-order valence-electron chi connectivity index (χ1n) is 34.2. The van der Waals surface area contributed by atoms with Gasteiger partial charge in [-0.3, -0.25) is 18.6 Å². The van der Waals surface area contributed by atoms with E-state index in [4.69, 9.17) is 18.5 Å². The Hall–Kier alpha value is -1.77. The molecule has 0 fully saturated rings. The van der Waals surface area contributed by atoms with Crippen LogP contribution in [0.2, 0.25) is 0 Å². The maximum atomic E-state index is 12.9. The van der Waals surface area contributed by atoms with E-state index >= 15 is 0 Å². The molecule has 2 atom stereocenters. The van der Waals surface area contributed by atoms with Gasteiger partial charge in [0.25, 0.3) is 0 Å². The van der Waals surface area contributed by atoms with Crippen molar-refractivity contribution in [3.8, 4) is 0 Å². The number of hydrogen-bond acceptors (Lipinski definition) is 7. The van der Waals surface area contributed by atoms with Crippen molar-refractivity contribution in [3.05, 3.63) is 36.5 Å². The summed E-state index contributed by atoms with van der Waals surface area (Å²) in [4.78, 5) is 35.8. The molecule has 1 N–H and O–H groups in total. The number of allylic oxidation sites excluding steroid dienone is 6. The van der Waals surface area contributed by atoms with Crippen molar-refractivity contribution in [1.82, 2.24) is 0 Å². The topological polar surface area (TPSA) is 108 Å². The van der Waals surface area contributed by atoms with E-state index in [0.717, 1.165) is 38.5 Å². The molecule has 0 amide bonds. The van der Waals surface area contributed by atoms with Crippen LogP contribution < -0.4 is 0 Å². The van der Waals surface area contributed by atoms with Gasteiger partial charge in [0, 0.05) is 12.8 Å². The van der Waals surface area contributed by atoms with Crippen molar-refractivity contribution >= 4 is 19.8 Å². The number of unbranched alkanes of at least 4 members (excludes halogenated alkanes) is 44. The molecule has 0 heterocycles. The molecule has 0 saturated heterocycles. The third kappa shape index (κ3) is 65.3. The van der Waals surface area contributed by atoms with E-state index in [1.165, 1.54) is 270 Å². The number of nitrogens with zero attached hydrogens (tertiary/aromatic N) is 1. The van der Waals surface area contributed by atoms with Crippen molar-refractivity contribution in [1.29, 1.82) is 0 Å². The summed E-state index contributed by atoms with van der Waals surface area (Å²) in [6.45, 7) is 4.47. The predicted molar refractivity (Wildman–Crippen MR) is 340 cm³/mol. The van der Waals surface area contributed by atoms with Crippen molar-refractivity contribution in [2.75, 3.05) is 47.5 Å². The van der Waals surface area contributed by atoms with E-state index in [2.05, 4.69) is 50.3 Å². The molecule has 0 aliphatic carbocycles. The molecule has 0 rings (SSSR count). The van der Waals surface area contributed by atoms with Gasteiger partial charge in [-0.25, -0.2) is 4.57 Å².